The van der Waals surface area contributed by atoms with Gasteiger partial charge in [-0.3, -0.25) is 4.48 Å². The zero-order valence-corrected chi connectivity index (χ0v) is 12.1. The van der Waals surface area contributed by atoms with E-state index in [1.54, 1.807) is 7.05 Å². The van der Waals surface area contributed by atoms with E-state index in [9.17, 15) is 4.79 Å². The third-order valence-electron chi connectivity index (χ3n) is 2.78. The Morgan fingerprint density at radius 1 is 1.28 bits per heavy atom. The third kappa shape index (κ3) is 3.47. The number of hydrogen-bond donors (Lipinski definition) is 1. The Morgan fingerprint density at radius 2 is 1.89 bits per heavy atom. The minimum Gasteiger partial charge on any atom is -0.404 e. The monoisotopic (exact) mass is 251 g/mol. The maximum atomic E-state index is 11.3. The second-order valence-corrected chi connectivity index (χ2v) is 5.53. The summed E-state index contributed by atoms with van der Waals surface area (Å²) < 4.78 is 5.89. The molecule has 1 N–H and O–H groups in total. The molecule has 4 nitrogen and oxygen atoms in total. The SMILES string of the molecule is CNC(=O)Oc1ccc(C(C)C)cc1[N+](C)(C)C. The molecule has 4 heteroatoms. The summed E-state index contributed by atoms with van der Waals surface area (Å²) in [4.78, 5) is 11.3. The van der Waals surface area contributed by atoms with Gasteiger partial charge in [0, 0.05) is 13.1 Å². The second-order valence-electron chi connectivity index (χ2n) is 5.53. The third-order valence-corrected chi connectivity index (χ3v) is 2.78. The number of carbonyl (C=O) groups is 1. The molecule has 0 aromatic heterocycles. The van der Waals surface area contributed by atoms with E-state index in [1.807, 2.05) is 12.1 Å². The number of nitrogens with one attached hydrogen (secondary N) is 1. The highest BCUT2D eigenvalue weighted by atomic mass is 16.6. The van der Waals surface area contributed by atoms with E-state index in [1.165, 1.54) is 5.56 Å². The highest BCUT2D eigenvalue weighted by Crippen LogP contribution is 2.33. The van der Waals surface area contributed by atoms with E-state index in [-0.39, 0.29) is 0 Å². The van der Waals surface area contributed by atoms with Crippen LogP contribution in [0.4, 0.5) is 10.5 Å². The number of ether oxygens (including phenoxy) is 1. The van der Waals surface area contributed by atoms with Gasteiger partial charge in [-0.1, -0.05) is 19.9 Å². The molecule has 18 heavy (non-hydrogen) atoms. The Labute approximate surface area is 109 Å². The van der Waals surface area contributed by atoms with Crippen LogP contribution < -0.4 is 14.5 Å². The molecule has 1 amide bonds. The number of quaternary nitrogens is 1. The van der Waals surface area contributed by atoms with Crippen molar-refractivity contribution in [2.24, 2.45) is 0 Å². The standard InChI is InChI=1S/C14H22N2O2/c1-10(2)11-7-8-13(18-14(17)15-3)12(9-11)16(4,5)6/h7-10H,1-6H3/p+1. The molecule has 0 aliphatic carbocycles. The maximum absolute atomic E-state index is 11.3. The van der Waals surface area contributed by atoms with Gasteiger partial charge >= 0.3 is 6.09 Å². The molecule has 0 heterocycles. The van der Waals surface area contributed by atoms with E-state index < -0.39 is 6.09 Å². The summed E-state index contributed by atoms with van der Waals surface area (Å²) in [5.74, 6) is 1.05. The summed E-state index contributed by atoms with van der Waals surface area (Å²) in [6.45, 7) is 4.29. The Hall–Kier alpha value is -1.55. The number of carbonyl (C=O) groups excluding carboxylic acids is 1. The lowest BCUT2D eigenvalue weighted by atomic mass is 10.0. The van der Waals surface area contributed by atoms with Gasteiger partial charge in [0.1, 0.15) is 0 Å². The first-order valence-corrected chi connectivity index (χ1v) is 6.11. The summed E-state index contributed by atoms with van der Waals surface area (Å²) in [5, 5.41) is 2.46. The van der Waals surface area contributed by atoms with Crippen LogP contribution in [-0.2, 0) is 0 Å². The molecule has 0 atom stereocenters. The van der Waals surface area contributed by atoms with Crippen molar-refractivity contribution in [3.63, 3.8) is 0 Å². The summed E-state index contributed by atoms with van der Waals surface area (Å²) >= 11 is 0. The molecule has 0 unspecified atom stereocenters. The maximum Gasteiger partial charge on any atom is 0.412 e. The van der Waals surface area contributed by atoms with Crippen molar-refractivity contribution in [3.05, 3.63) is 23.8 Å². The van der Waals surface area contributed by atoms with E-state index in [2.05, 4.69) is 46.4 Å². The Kier molecular flexibility index (Phi) is 4.35. The van der Waals surface area contributed by atoms with Crippen LogP contribution in [0.1, 0.15) is 25.3 Å². The number of benzene rings is 1. The molecular weight excluding hydrogens is 228 g/mol. The second kappa shape index (κ2) is 5.40. The Bertz CT molecular complexity index is 434. The van der Waals surface area contributed by atoms with Crippen molar-refractivity contribution in [1.82, 2.24) is 9.80 Å². The molecule has 0 radical (unpaired) electrons. The fourth-order valence-electron chi connectivity index (χ4n) is 1.65. The minimum absolute atomic E-state index is 0.443. The first-order valence-electron chi connectivity index (χ1n) is 6.11. The van der Waals surface area contributed by atoms with E-state index in [0.29, 0.717) is 16.2 Å². The van der Waals surface area contributed by atoms with Gasteiger partial charge in [0.25, 0.3) is 0 Å². The summed E-state index contributed by atoms with van der Waals surface area (Å²) in [7, 11) is 7.71. The smallest absolute Gasteiger partial charge is 0.404 e. The number of amides is 1. The highest BCUT2D eigenvalue weighted by Gasteiger charge is 2.21. The number of nitrogens with zero attached hydrogens (tertiary/aromatic N) is 1. The Morgan fingerprint density at radius 3 is 2.33 bits per heavy atom. The lowest BCUT2D eigenvalue weighted by Gasteiger charge is -2.26. The number of rotatable bonds is 3. The van der Waals surface area contributed by atoms with Crippen LogP contribution in [0.2, 0.25) is 0 Å². The quantitative estimate of drug-likeness (QED) is 0.839. The van der Waals surface area contributed by atoms with E-state index in [0.717, 1.165) is 5.69 Å². The molecule has 0 aliphatic heterocycles. The molecule has 1 rings (SSSR count). The normalized spacial score (nSPS) is 11.5. The summed E-state index contributed by atoms with van der Waals surface area (Å²) in [5.41, 5.74) is 2.23. The van der Waals surface area contributed by atoms with Crippen LogP contribution in [0, 0.1) is 0 Å². The van der Waals surface area contributed by atoms with Gasteiger partial charge in [-0.15, -0.1) is 0 Å². The van der Waals surface area contributed by atoms with Gasteiger partial charge in [-0.05, 0) is 17.5 Å². The first kappa shape index (κ1) is 14.5. The lowest BCUT2D eigenvalue weighted by Crippen LogP contribution is -2.36. The van der Waals surface area contributed by atoms with Crippen molar-refractivity contribution >= 4 is 11.8 Å². The van der Waals surface area contributed by atoms with Crippen molar-refractivity contribution < 1.29 is 9.53 Å². The van der Waals surface area contributed by atoms with Crippen molar-refractivity contribution in [3.8, 4) is 5.75 Å². The highest BCUT2D eigenvalue weighted by molar-refractivity contribution is 5.73. The summed E-state index contributed by atoms with van der Waals surface area (Å²) in [6.07, 6.45) is -0.443. The molecule has 100 valence electrons. The first-order chi connectivity index (χ1) is 8.25. The van der Waals surface area contributed by atoms with Crippen molar-refractivity contribution in [1.29, 1.82) is 0 Å². The molecule has 0 spiro atoms. The van der Waals surface area contributed by atoms with Gasteiger partial charge in [-0.2, -0.15) is 0 Å². The fourth-order valence-corrected chi connectivity index (χ4v) is 1.65. The van der Waals surface area contributed by atoms with Crippen LogP contribution in [-0.4, -0.2) is 34.3 Å². The van der Waals surface area contributed by atoms with Gasteiger partial charge in [-0.25, -0.2) is 4.79 Å². The lowest BCUT2D eigenvalue weighted by molar-refractivity contribution is 0.202. The zero-order chi connectivity index (χ0) is 13.9. The molecule has 1 aromatic carbocycles. The molecule has 0 aliphatic rings. The van der Waals surface area contributed by atoms with Crippen LogP contribution >= 0.6 is 0 Å². The predicted molar refractivity (Wildman–Crippen MR) is 75.2 cm³/mol. The molecule has 0 fully saturated rings. The van der Waals surface area contributed by atoms with Crippen LogP contribution in [0.5, 0.6) is 5.75 Å². The molecule has 0 saturated carbocycles. The van der Waals surface area contributed by atoms with Gasteiger partial charge in [0.2, 0.25) is 0 Å². The fraction of sp³-hybridized carbons (Fsp3) is 0.500. The average Bonchev–Trinajstić information content (AvgIpc) is 2.27. The Balaban J connectivity index is 3.21. The van der Waals surface area contributed by atoms with Gasteiger partial charge in [0.15, 0.2) is 11.4 Å². The van der Waals surface area contributed by atoms with Crippen LogP contribution in [0.15, 0.2) is 18.2 Å². The predicted octanol–water partition coefficient (Wildman–Crippen LogP) is 2.72. The number of hydrogen-bond acceptors (Lipinski definition) is 2. The van der Waals surface area contributed by atoms with Crippen LogP contribution in [0.25, 0.3) is 0 Å². The van der Waals surface area contributed by atoms with Crippen molar-refractivity contribution in [2.75, 3.05) is 28.2 Å². The molecular formula is C14H23N2O2+. The molecule has 1 aromatic rings. The zero-order valence-electron chi connectivity index (χ0n) is 12.1. The topological polar surface area (TPSA) is 38.3 Å². The van der Waals surface area contributed by atoms with E-state index >= 15 is 0 Å². The van der Waals surface area contributed by atoms with Gasteiger partial charge in [0.05, 0.1) is 21.1 Å². The largest absolute Gasteiger partial charge is 0.412 e. The summed E-state index contributed by atoms with van der Waals surface area (Å²) in [6, 6.07) is 5.97. The van der Waals surface area contributed by atoms with Crippen LogP contribution in [0.3, 0.4) is 0 Å². The van der Waals surface area contributed by atoms with E-state index in [4.69, 9.17) is 4.74 Å². The molecule has 0 saturated heterocycles. The minimum atomic E-state index is -0.443. The average molecular weight is 251 g/mol. The van der Waals surface area contributed by atoms with Crippen molar-refractivity contribution in [2.45, 2.75) is 19.8 Å². The van der Waals surface area contributed by atoms with Gasteiger partial charge < -0.3 is 10.1 Å². The molecule has 0 bridgehead atoms.